The summed E-state index contributed by atoms with van der Waals surface area (Å²) in [4.78, 5) is 27.9. The second-order valence-electron chi connectivity index (χ2n) is 6.75. The number of rotatable bonds is 6. The standard InChI is InChI=1S/C21H25N3O3/c1-16(25)17-6-8-18(9-7-17)22-21(27)10-11-23-12-14-24(15-13-23)19-4-2-3-5-20(19)26/h2-9,26H,10-15H2,1H3,(H,22,27). The van der Waals surface area contributed by atoms with Gasteiger partial charge < -0.3 is 15.3 Å². The highest BCUT2D eigenvalue weighted by atomic mass is 16.3. The molecule has 1 saturated heterocycles. The number of piperazine rings is 1. The molecule has 0 atom stereocenters. The summed E-state index contributed by atoms with van der Waals surface area (Å²) in [5.74, 6) is 0.283. The third-order valence-electron chi connectivity index (χ3n) is 4.82. The van der Waals surface area contributed by atoms with Crippen molar-refractivity contribution in [3.63, 3.8) is 0 Å². The second kappa shape index (κ2) is 8.68. The minimum absolute atomic E-state index is 0.0100. The molecular formula is C21H25N3O3. The Labute approximate surface area is 159 Å². The highest BCUT2D eigenvalue weighted by Gasteiger charge is 2.19. The molecule has 2 aromatic rings. The Bertz CT molecular complexity index is 797. The fourth-order valence-electron chi connectivity index (χ4n) is 3.22. The van der Waals surface area contributed by atoms with Gasteiger partial charge in [-0.2, -0.15) is 0 Å². The predicted molar refractivity (Wildman–Crippen MR) is 106 cm³/mol. The number of Topliss-reactive ketones (excluding diaryl/α,β-unsaturated/α-hetero) is 1. The molecule has 0 spiro atoms. The van der Waals surface area contributed by atoms with Crippen LogP contribution in [0.4, 0.5) is 11.4 Å². The van der Waals surface area contributed by atoms with Crippen molar-refractivity contribution in [3.05, 3.63) is 54.1 Å². The third kappa shape index (κ3) is 5.08. The van der Waals surface area contributed by atoms with Crippen LogP contribution in [0.5, 0.6) is 5.75 Å². The summed E-state index contributed by atoms with van der Waals surface area (Å²) in [6.45, 7) is 5.58. The molecule has 0 radical (unpaired) electrons. The number of nitrogens with zero attached hydrogens (tertiary/aromatic N) is 2. The van der Waals surface area contributed by atoms with Crippen LogP contribution in [-0.2, 0) is 4.79 Å². The molecule has 6 heteroatoms. The SMILES string of the molecule is CC(=O)c1ccc(NC(=O)CCN2CCN(c3ccccc3O)CC2)cc1. The number of amides is 1. The van der Waals surface area contributed by atoms with Crippen molar-refractivity contribution in [3.8, 4) is 5.75 Å². The predicted octanol–water partition coefficient (Wildman–Crippen LogP) is 2.75. The Hall–Kier alpha value is -2.86. The van der Waals surface area contributed by atoms with E-state index in [9.17, 15) is 14.7 Å². The van der Waals surface area contributed by atoms with Gasteiger partial charge in [-0.3, -0.25) is 14.5 Å². The number of para-hydroxylation sites is 2. The summed E-state index contributed by atoms with van der Waals surface area (Å²) in [6.07, 6.45) is 0.422. The molecule has 3 rings (SSSR count). The van der Waals surface area contributed by atoms with Crippen LogP contribution in [0.25, 0.3) is 0 Å². The van der Waals surface area contributed by atoms with Gasteiger partial charge in [-0.1, -0.05) is 12.1 Å². The molecule has 0 saturated carbocycles. The van der Waals surface area contributed by atoms with Gasteiger partial charge in [0.05, 0.1) is 5.69 Å². The monoisotopic (exact) mass is 367 g/mol. The van der Waals surface area contributed by atoms with Gasteiger partial charge in [-0.05, 0) is 43.3 Å². The third-order valence-corrected chi connectivity index (χ3v) is 4.82. The lowest BCUT2D eigenvalue weighted by Gasteiger charge is -2.36. The minimum Gasteiger partial charge on any atom is -0.506 e. The normalized spacial score (nSPS) is 14.8. The molecule has 1 heterocycles. The summed E-state index contributed by atoms with van der Waals surface area (Å²) in [5, 5.41) is 12.8. The van der Waals surface area contributed by atoms with Crippen LogP contribution in [0.1, 0.15) is 23.7 Å². The van der Waals surface area contributed by atoms with E-state index in [2.05, 4.69) is 15.1 Å². The maximum absolute atomic E-state index is 12.2. The van der Waals surface area contributed by atoms with Gasteiger partial charge >= 0.3 is 0 Å². The van der Waals surface area contributed by atoms with Crippen molar-refractivity contribution in [2.45, 2.75) is 13.3 Å². The molecule has 27 heavy (non-hydrogen) atoms. The number of phenolic OH excluding ortho intramolecular Hbond substituents is 1. The number of hydrogen-bond acceptors (Lipinski definition) is 5. The van der Waals surface area contributed by atoms with Crippen molar-refractivity contribution < 1.29 is 14.7 Å². The molecule has 1 amide bonds. The molecule has 0 bridgehead atoms. The van der Waals surface area contributed by atoms with E-state index in [0.717, 1.165) is 31.9 Å². The molecule has 6 nitrogen and oxygen atoms in total. The zero-order chi connectivity index (χ0) is 19.2. The van der Waals surface area contributed by atoms with Gasteiger partial charge in [0.15, 0.2) is 5.78 Å². The maximum atomic E-state index is 12.2. The molecular weight excluding hydrogens is 342 g/mol. The van der Waals surface area contributed by atoms with Crippen molar-refractivity contribution in [2.24, 2.45) is 0 Å². The van der Waals surface area contributed by atoms with Crippen molar-refractivity contribution in [1.29, 1.82) is 0 Å². The van der Waals surface area contributed by atoms with E-state index in [0.29, 0.717) is 30.0 Å². The minimum atomic E-state index is -0.0336. The van der Waals surface area contributed by atoms with Gasteiger partial charge in [-0.15, -0.1) is 0 Å². The molecule has 2 N–H and O–H groups in total. The number of nitrogens with one attached hydrogen (secondary N) is 1. The van der Waals surface area contributed by atoms with Crippen LogP contribution < -0.4 is 10.2 Å². The molecule has 0 unspecified atom stereocenters. The van der Waals surface area contributed by atoms with E-state index in [4.69, 9.17) is 0 Å². The van der Waals surface area contributed by atoms with Gasteiger partial charge in [0.1, 0.15) is 5.75 Å². The summed E-state index contributed by atoms with van der Waals surface area (Å²) in [5.41, 5.74) is 2.20. The van der Waals surface area contributed by atoms with E-state index < -0.39 is 0 Å². The number of ketones is 1. The van der Waals surface area contributed by atoms with Gasteiger partial charge in [0.25, 0.3) is 0 Å². The first-order valence-corrected chi connectivity index (χ1v) is 9.19. The van der Waals surface area contributed by atoms with E-state index in [-0.39, 0.29) is 11.7 Å². The molecule has 2 aromatic carbocycles. The first-order valence-electron chi connectivity index (χ1n) is 9.19. The average Bonchev–Trinajstić information content (AvgIpc) is 2.68. The largest absolute Gasteiger partial charge is 0.506 e. The van der Waals surface area contributed by atoms with Crippen LogP contribution in [0, 0.1) is 0 Å². The summed E-state index contributed by atoms with van der Waals surface area (Å²) < 4.78 is 0. The van der Waals surface area contributed by atoms with Crippen LogP contribution in [0.15, 0.2) is 48.5 Å². The number of carbonyl (C=O) groups excluding carboxylic acids is 2. The number of benzene rings is 2. The Kier molecular flexibility index (Phi) is 6.08. The van der Waals surface area contributed by atoms with E-state index in [1.807, 2.05) is 18.2 Å². The zero-order valence-electron chi connectivity index (χ0n) is 15.5. The van der Waals surface area contributed by atoms with Crippen LogP contribution in [0.3, 0.4) is 0 Å². The fraction of sp³-hybridized carbons (Fsp3) is 0.333. The average molecular weight is 367 g/mol. The van der Waals surface area contributed by atoms with E-state index >= 15 is 0 Å². The van der Waals surface area contributed by atoms with Gasteiger partial charge in [0, 0.05) is 50.4 Å². The molecule has 1 aliphatic heterocycles. The van der Waals surface area contributed by atoms with Crippen molar-refractivity contribution in [1.82, 2.24) is 4.90 Å². The highest BCUT2D eigenvalue weighted by Crippen LogP contribution is 2.27. The summed E-state index contributed by atoms with van der Waals surface area (Å²) in [6, 6.07) is 14.3. The molecule has 0 aliphatic carbocycles. The van der Waals surface area contributed by atoms with Crippen molar-refractivity contribution in [2.75, 3.05) is 42.9 Å². The smallest absolute Gasteiger partial charge is 0.225 e. The zero-order valence-corrected chi connectivity index (χ0v) is 15.5. The van der Waals surface area contributed by atoms with Crippen molar-refractivity contribution >= 4 is 23.1 Å². The van der Waals surface area contributed by atoms with E-state index in [1.54, 1.807) is 30.3 Å². The lowest BCUT2D eigenvalue weighted by Crippen LogP contribution is -2.47. The number of anilines is 2. The first-order chi connectivity index (χ1) is 13.0. The Morgan fingerprint density at radius 3 is 2.30 bits per heavy atom. The van der Waals surface area contributed by atoms with E-state index in [1.165, 1.54) is 6.92 Å². The fourth-order valence-corrected chi connectivity index (χ4v) is 3.22. The van der Waals surface area contributed by atoms with Crippen LogP contribution in [0.2, 0.25) is 0 Å². The molecule has 1 aliphatic rings. The second-order valence-corrected chi connectivity index (χ2v) is 6.75. The quantitative estimate of drug-likeness (QED) is 0.768. The van der Waals surface area contributed by atoms with Crippen LogP contribution in [-0.4, -0.2) is 54.4 Å². The number of aromatic hydroxyl groups is 1. The molecule has 0 aromatic heterocycles. The Morgan fingerprint density at radius 2 is 1.67 bits per heavy atom. The number of phenols is 1. The summed E-state index contributed by atoms with van der Waals surface area (Å²) >= 11 is 0. The lowest BCUT2D eigenvalue weighted by atomic mass is 10.1. The Morgan fingerprint density at radius 1 is 1.00 bits per heavy atom. The number of carbonyl (C=O) groups is 2. The van der Waals surface area contributed by atoms with Gasteiger partial charge in [0.2, 0.25) is 5.91 Å². The van der Waals surface area contributed by atoms with Crippen LogP contribution >= 0.6 is 0 Å². The summed E-state index contributed by atoms with van der Waals surface area (Å²) in [7, 11) is 0. The maximum Gasteiger partial charge on any atom is 0.225 e. The lowest BCUT2D eigenvalue weighted by molar-refractivity contribution is -0.116. The topological polar surface area (TPSA) is 72.9 Å². The molecule has 1 fully saturated rings. The van der Waals surface area contributed by atoms with Gasteiger partial charge in [-0.25, -0.2) is 0 Å². The first kappa shape index (κ1) is 18.9. The number of hydrogen-bond donors (Lipinski definition) is 2. The molecule has 142 valence electrons. The highest BCUT2D eigenvalue weighted by molar-refractivity contribution is 5.95. The Balaban J connectivity index is 1.42.